The molecule has 0 amide bonds. The van der Waals surface area contributed by atoms with E-state index in [9.17, 15) is 9.59 Å². The summed E-state index contributed by atoms with van der Waals surface area (Å²) < 4.78 is 4.12. The van der Waals surface area contributed by atoms with Crippen molar-refractivity contribution >= 4 is 37.2 Å². The van der Waals surface area contributed by atoms with E-state index < -0.39 is 11.9 Å². The second-order valence-electron chi connectivity index (χ2n) is 1.16. The summed E-state index contributed by atoms with van der Waals surface area (Å²) >= 11 is 7.15. The smallest absolute Gasteiger partial charge is 1.00 e. The fourth-order valence-electron chi connectivity index (χ4n) is 0.192. The molecule has 0 atom stereocenters. The molecule has 54 valence electrons. The monoisotopic (exact) mass is 190 g/mol. The Kier molecular flexibility index (Phi) is 10.7. The van der Waals surface area contributed by atoms with Crippen LogP contribution in [0.25, 0.3) is 0 Å². The summed E-state index contributed by atoms with van der Waals surface area (Å²) in [6, 6.07) is 0. The van der Waals surface area contributed by atoms with Gasteiger partial charge in [0.2, 0.25) is 0 Å². The first-order chi connectivity index (χ1) is 4.20. The van der Waals surface area contributed by atoms with Gasteiger partial charge in [0.05, 0.1) is 11.5 Å². The van der Waals surface area contributed by atoms with Crippen molar-refractivity contribution in [2.75, 3.05) is 11.5 Å². The zero-order chi connectivity index (χ0) is 7.28. The Bertz CT molecular complexity index is 119. The van der Waals surface area contributed by atoms with Gasteiger partial charge in [-0.15, -0.1) is 0 Å². The fourth-order valence-corrected chi connectivity index (χ4v) is 0.321. The predicted molar refractivity (Wildman–Crippen MR) is 39.9 cm³/mol. The van der Waals surface area contributed by atoms with Crippen LogP contribution in [0.2, 0.25) is 0 Å². The first kappa shape index (κ1) is 13.4. The molecular weight excluding hydrogens is 183 g/mol. The molecule has 6 heteroatoms. The first-order valence-electron chi connectivity index (χ1n) is 2.16. The fraction of sp³-hybridized carbons (Fsp3) is 0.500. The van der Waals surface area contributed by atoms with Crippen LogP contribution in [0.1, 0.15) is 1.43 Å². The van der Waals surface area contributed by atoms with Gasteiger partial charge in [0.25, 0.3) is 0 Å². The van der Waals surface area contributed by atoms with Crippen molar-refractivity contribution in [1.29, 1.82) is 0 Å². The molecular formula is C4H7NaO3S2. The van der Waals surface area contributed by atoms with E-state index in [1.54, 1.807) is 0 Å². The maximum absolute atomic E-state index is 10.2. The van der Waals surface area contributed by atoms with Gasteiger partial charge in [0, 0.05) is 0 Å². The summed E-state index contributed by atoms with van der Waals surface area (Å²) in [5.41, 5.74) is 0. The SMILES string of the molecule is O=C(CS)OC(=O)CS.[H-].[Na+]. The largest absolute Gasteiger partial charge is 1.00 e. The molecule has 0 aromatic heterocycles. The zero-order valence-corrected chi connectivity index (χ0v) is 9.32. The minimum absolute atomic E-state index is 0. The molecule has 0 aliphatic heterocycles. The Morgan fingerprint density at radius 3 is 1.70 bits per heavy atom. The molecule has 10 heavy (non-hydrogen) atoms. The molecule has 0 rings (SSSR count). The normalized spacial score (nSPS) is 7.80. The van der Waals surface area contributed by atoms with Crippen LogP contribution in [0.5, 0.6) is 0 Å². The van der Waals surface area contributed by atoms with E-state index in [4.69, 9.17) is 0 Å². The molecule has 0 saturated carbocycles. The van der Waals surface area contributed by atoms with Gasteiger partial charge in [-0.3, -0.25) is 9.59 Å². The van der Waals surface area contributed by atoms with Crippen molar-refractivity contribution in [3.05, 3.63) is 0 Å². The van der Waals surface area contributed by atoms with Crippen molar-refractivity contribution in [3.8, 4) is 0 Å². The van der Waals surface area contributed by atoms with Crippen LogP contribution < -0.4 is 29.6 Å². The molecule has 0 spiro atoms. The third-order valence-electron chi connectivity index (χ3n) is 0.486. The van der Waals surface area contributed by atoms with Gasteiger partial charge < -0.3 is 6.16 Å². The van der Waals surface area contributed by atoms with Crippen molar-refractivity contribution < 1.29 is 45.3 Å². The van der Waals surface area contributed by atoms with Crippen molar-refractivity contribution in [2.24, 2.45) is 0 Å². The number of thiol groups is 2. The Hall–Kier alpha value is 0.840. The van der Waals surface area contributed by atoms with Crippen LogP contribution in [0.4, 0.5) is 0 Å². The van der Waals surface area contributed by atoms with Gasteiger partial charge in [-0.05, 0) is 0 Å². The topological polar surface area (TPSA) is 43.4 Å². The van der Waals surface area contributed by atoms with E-state index in [0.29, 0.717) is 0 Å². The van der Waals surface area contributed by atoms with E-state index in [0.717, 1.165) is 0 Å². The predicted octanol–water partition coefficient (Wildman–Crippen LogP) is -2.97. The van der Waals surface area contributed by atoms with Gasteiger partial charge in [-0.25, -0.2) is 0 Å². The summed E-state index contributed by atoms with van der Waals surface area (Å²) in [6.45, 7) is 0. The number of carbonyl (C=O) groups is 2. The minimum Gasteiger partial charge on any atom is -1.00 e. The molecule has 0 fully saturated rings. The summed E-state index contributed by atoms with van der Waals surface area (Å²) in [5.74, 6) is -1.45. The summed E-state index contributed by atoms with van der Waals surface area (Å²) in [6.07, 6.45) is 0. The Morgan fingerprint density at radius 1 is 1.20 bits per heavy atom. The zero-order valence-electron chi connectivity index (χ0n) is 6.53. The molecule has 0 radical (unpaired) electrons. The van der Waals surface area contributed by atoms with Crippen LogP contribution in [0.15, 0.2) is 0 Å². The quantitative estimate of drug-likeness (QED) is 0.211. The number of ether oxygens (including phenoxy) is 1. The number of rotatable bonds is 2. The number of hydrogen-bond acceptors (Lipinski definition) is 5. The summed E-state index contributed by atoms with van der Waals surface area (Å²) in [7, 11) is 0. The van der Waals surface area contributed by atoms with E-state index in [-0.39, 0.29) is 42.5 Å². The maximum atomic E-state index is 10.2. The molecule has 0 aliphatic rings. The molecule has 0 heterocycles. The summed E-state index contributed by atoms with van der Waals surface area (Å²) in [4.78, 5) is 20.5. The van der Waals surface area contributed by atoms with Gasteiger partial charge in [-0.1, -0.05) is 0 Å². The van der Waals surface area contributed by atoms with Crippen LogP contribution in [0.3, 0.4) is 0 Å². The van der Waals surface area contributed by atoms with Crippen LogP contribution >= 0.6 is 25.3 Å². The maximum Gasteiger partial charge on any atom is 1.00 e. The van der Waals surface area contributed by atoms with Crippen LogP contribution in [-0.4, -0.2) is 23.4 Å². The standard InChI is InChI=1S/C4H6O3S2.Na.H/c5-3(1-8)7-4(6)2-9;;/h8-9H,1-2H2;;/q;+1;-1. The average Bonchev–Trinajstić information content (AvgIpc) is 1.87. The molecule has 3 nitrogen and oxygen atoms in total. The van der Waals surface area contributed by atoms with E-state index >= 15 is 0 Å². The van der Waals surface area contributed by atoms with Gasteiger partial charge in [0.1, 0.15) is 0 Å². The second kappa shape index (κ2) is 7.94. The number of carbonyl (C=O) groups excluding carboxylic acids is 2. The van der Waals surface area contributed by atoms with Gasteiger partial charge in [0.15, 0.2) is 0 Å². The van der Waals surface area contributed by atoms with Crippen molar-refractivity contribution in [1.82, 2.24) is 0 Å². The Balaban J connectivity index is -0.000000320. The molecule has 0 aromatic rings. The molecule has 0 aromatic carbocycles. The molecule has 0 bridgehead atoms. The van der Waals surface area contributed by atoms with Gasteiger partial charge >= 0.3 is 41.5 Å². The number of hydrogen-bond donors (Lipinski definition) is 2. The summed E-state index contributed by atoms with van der Waals surface area (Å²) in [5, 5.41) is 0. The Morgan fingerprint density at radius 2 is 1.50 bits per heavy atom. The van der Waals surface area contributed by atoms with E-state index in [1.807, 2.05) is 0 Å². The van der Waals surface area contributed by atoms with Crippen LogP contribution in [-0.2, 0) is 14.3 Å². The Labute approximate surface area is 93.5 Å². The van der Waals surface area contributed by atoms with E-state index in [1.165, 1.54) is 0 Å². The van der Waals surface area contributed by atoms with Crippen molar-refractivity contribution in [2.45, 2.75) is 0 Å². The van der Waals surface area contributed by atoms with E-state index in [2.05, 4.69) is 30.0 Å². The minimum atomic E-state index is -0.641. The first-order valence-corrected chi connectivity index (χ1v) is 3.42. The number of esters is 2. The second-order valence-corrected chi connectivity index (χ2v) is 1.79. The molecule has 0 aliphatic carbocycles. The van der Waals surface area contributed by atoms with Crippen LogP contribution in [0, 0.1) is 0 Å². The van der Waals surface area contributed by atoms with Crippen molar-refractivity contribution in [3.63, 3.8) is 0 Å². The average molecular weight is 190 g/mol. The molecule has 0 N–H and O–H groups in total. The molecule has 0 saturated heterocycles. The molecule has 0 unspecified atom stereocenters. The third kappa shape index (κ3) is 6.95. The van der Waals surface area contributed by atoms with Gasteiger partial charge in [-0.2, -0.15) is 25.3 Å². The third-order valence-corrected chi connectivity index (χ3v) is 1.00.